The quantitative estimate of drug-likeness (QED) is 0.944. The topological polar surface area (TPSA) is 62.3 Å². The van der Waals surface area contributed by atoms with E-state index in [0.29, 0.717) is 5.82 Å². The molecule has 1 aromatic carbocycles. The van der Waals surface area contributed by atoms with Crippen LogP contribution in [0.1, 0.15) is 18.0 Å². The first kappa shape index (κ1) is 14.3. The highest BCUT2D eigenvalue weighted by atomic mass is 16.2. The van der Waals surface area contributed by atoms with Crippen molar-refractivity contribution in [2.75, 3.05) is 12.4 Å². The first-order valence-corrected chi connectivity index (χ1v) is 7.19. The Labute approximate surface area is 129 Å². The van der Waals surface area contributed by atoms with Crippen LogP contribution < -0.4 is 5.32 Å². The first-order chi connectivity index (χ1) is 10.7. The molecular formula is C17H17N3O2. The van der Waals surface area contributed by atoms with Gasteiger partial charge in [0.2, 0.25) is 11.8 Å². The molecule has 0 spiro atoms. The number of carbonyl (C=O) groups is 2. The summed E-state index contributed by atoms with van der Waals surface area (Å²) in [5.41, 5.74) is 0.969. The molecule has 2 atom stereocenters. The van der Waals surface area contributed by atoms with Gasteiger partial charge in [-0.2, -0.15) is 0 Å². The van der Waals surface area contributed by atoms with E-state index in [-0.39, 0.29) is 24.3 Å². The van der Waals surface area contributed by atoms with Crippen LogP contribution in [0.4, 0.5) is 5.82 Å². The molecule has 1 aliphatic heterocycles. The summed E-state index contributed by atoms with van der Waals surface area (Å²) in [5, 5.41) is 2.80. The number of nitrogens with zero attached hydrogens (tertiary/aromatic N) is 2. The maximum atomic E-state index is 12.6. The molecule has 0 bridgehead atoms. The summed E-state index contributed by atoms with van der Waals surface area (Å²) in [6.45, 7) is 0. The fourth-order valence-corrected chi connectivity index (χ4v) is 2.87. The Morgan fingerprint density at radius 3 is 2.59 bits per heavy atom. The molecule has 2 heterocycles. The Hall–Kier alpha value is -2.69. The van der Waals surface area contributed by atoms with Crippen LogP contribution in [0.3, 0.4) is 0 Å². The standard InChI is InChI=1S/C17H17N3O2/c1-20-15(21)11-13(16(20)12-7-3-2-4-8-12)17(22)19-14-9-5-6-10-18-14/h2-10,13,16H,11H2,1H3,(H,18,19,22)/t13-,16-/m1/s1. The molecule has 0 aliphatic carbocycles. The highest BCUT2D eigenvalue weighted by molar-refractivity contribution is 5.97. The molecule has 2 amide bonds. The number of amides is 2. The van der Waals surface area contributed by atoms with Gasteiger partial charge in [-0.25, -0.2) is 4.98 Å². The van der Waals surface area contributed by atoms with Crippen molar-refractivity contribution in [1.82, 2.24) is 9.88 Å². The van der Waals surface area contributed by atoms with Gasteiger partial charge in [0.25, 0.3) is 0 Å². The Morgan fingerprint density at radius 1 is 1.18 bits per heavy atom. The van der Waals surface area contributed by atoms with Crippen LogP contribution >= 0.6 is 0 Å². The third kappa shape index (κ3) is 2.70. The van der Waals surface area contributed by atoms with Gasteiger partial charge in [0.15, 0.2) is 0 Å². The summed E-state index contributed by atoms with van der Waals surface area (Å²) in [5.74, 6) is -0.108. The summed E-state index contributed by atoms with van der Waals surface area (Å²) >= 11 is 0. The van der Waals surface area contributed by atoms with Gasteiger partial charge >= 0.3 is 0 Å². The fourth-order valence-electron chi connectivity index (χ4n) is 2.87. The molecule has 1 aromatic heterocycles. The lowest BCUT2D eigenvalue weighted by Crippen LogP contribution is -2.30. The number of carbonyl (C=O) groups excluding carboxylic acids is 2. The molecule has 22 heavy (non-hydrogen) atoms. The van der Waals surface area contributed by atoms with Crippen molar-refractivity contribution in [3.8, 4) is 0 Å². The van der Waals surface area contributed by atoms with E-state index in [1.165, 1.54) is 0 Å². The zero-order valence-electron chi connectivity index (χ0n) is 12.3. The van der Waals surface area contributed by atoms with Crippen molar-refractivity contribution in [3.63, 3.8) is 0 Å². The lowest BCUT2D eigenvalue weighted by Gasteiger charge is -2.24. The summed E-state index contributed by atoms with van der Waals surface area (Å²) in [6, 6.07) is 14.7. The number of nitrogens with one attached hydrogen (secondary N) is 1. The molecule has 1 saturated heterocycles. The van der Waals surface area contributed by atoms with Gasteiger partial charge in [0, 0.05) is 19.7 Å². The predicted octanol–water partition coefficient (Wildman–Crippen LogP) is 2.24. The normalized spacial score (nSPS) is 21.0. The second-order valence-electron chi connectivity index (χ2n) is 5.38. The van der Waals surface area contributed by atoms with E-state index in [2.05, 4.69) is 10.3 Å². The molecule has 3 rings (SSSR count). The number of hydrogen-bond donors (Lipinski definition) is 1. The molecule has 2 aromatic rings. The monoisotopic (exact) mass is 295 g/mol. The molecule has 0 radical (unpaired) electrons. The third-order valence-corrected chi connectivity index (χ3v) is 3.98. The van der Waals surface area contributed by atoms with Crippen LogP contribution in [-0.2, 0) is 9.59 Å². The van der Waals surface area contributed by atoms with Gasteiger partial charge in [-0.05, 0) is 17.7 Å². The summed E-state index contributed by atoms with van der Waals surface area (Å²) < 4.78 is 0. The molecular weight excluding hydrogens is 278 g/mol. The molecule has 1 N–H and O–H groups in total. The van der Waals surface area contributed by atoms with E-state index in [1.807, 2.05) is 36.4 Å². The van der Waals surface area contributed by atoms with E-state index >= 15 is 0 Å². The predicted molar refractivity (Wildman–Crippen MR) is 82.9 cm³/mol. The Morgan fingerprint density at radius 2 is 1.91 bits per heavy atom. The lowest BCUT2D eigenvalue weighted by molar-refractivity contribution is -0.127. The van der Waals surface area contributed by atoms with Gasteiger partial charge in [-0.1, -0.05) is 36.4 Å². The lowest BCUT2D eigenvalue weighted by atomic mass is 9.93. The SMILES string of the molecule is CN1C(=O)C[C@@H](C(=O)Nc2ccccn2)[C@H]1c1ccccc1. The van der Waals surface area contributed by atoms with Crippen LogP contribution in [0.5, 0.6) is 0 Å². The summed E-state index contributed by atoms with van der Waals surface area (Å²) in [7, 11) is 1.74. The molecule has 112 valence electrons. The second-order valence-corrected chi connectivity index (χ2v) is 5.38. The highest BCUT2D eigenvalue weighted by Crippen LogP contribution is 2.37. The van der Waals surface area contributed by atoms with Gasteiger partial charge in [-0.3, -0.25) is 9.59 Å². The van der Waals surface area contributed by atoms with E-state index in [1.54, 1.807) is 30.3 Å². The van der Waals surface area contributed by atoms with Crippen LogP contribution in [0.15, 0.2) is 54.7 Å². The fraction of sp³-hybridized carbons (Fsp3) is 0.235. The highest BCUT2D eigenvalue weighted by Gasteiger charge is 2.42. The minimum atomic E-state index is -0.415. The average Bonchev–Trinajstić information content (AvgIpc) is 2.85. The van der Waals surface area contributed by atoms with Gasteiger partial charge in [0.1, 0.15) is 5.82 Å². The largest absolute Gasteiger partial charge is 0.338 e. The number of likely N-dealkylation sites (tertiary alicyclic amines) is 1. The molecule has 0 unspecified atom stereocenters. The maximum Gasteiger partial charge on any atom is 0.231 e. The minimum absolute atomic E-state index is 0.0185. The van der Waals surface area contributed by atoms with Crippen LogP contribution in [0, 0.1) is 5.92 Å². The molecule has 5 heteroatoms. The third-order valence-electron chi connectivity index (χ3n) is 3.98. The molecule has 1 fully saturated rings. The van der Waals surface area contributed by atoms with Crippen molar-refractivity contribution in [2.24, 2.45) is 5.92 Å². The van der Waals surface area contributed by atoms with Crippen molar-refractivity contribution in [2.45, 2.75) is 12.5 Å². The number of pyridine rings is 1. The van der Waals surface area contributed by atoms with Crippen molar-refractivity contribution in [1.29, 1.82) is 0 Å². The summed E-state index contributed by atoms with van der Waals surface area (Å²) in [4.78, 5) is 30.4. The Balaban J connectivity index is 1.84. The van der Waals surface area contributed by atoms with Gasteiger partial charge < -0.3 is 10.2 Å². The van der Waals surface area contributed by atoms with Gasteiger partial charge in [0.05, 0.1) is 12.0 Å². The van der Waals surface area contributed by atoms with Crippen LogP contribution in [0.2, 0.25) is 0 Å². The molecule has 0 saturated carbocycles. The van der Waals surface area contributed by atoms with Crippen LogP contribution in [-0.4, -0.2) is 28.7 Å². The Kier molecular flexibility index (Phi) is 3.87. The number of aromatic nitrogens is 1. The van der Waals surface area contributed by atoms with Crippen molar-refractivity contribution >= 4 is 17.6 Å². The van der Waals surface area contributed by atoms with E-state index in [0.717, 1.165) is 5.56 Å². The second kappa shape index (κ2) is 5.97. The molecule has 1 aliphatic rings. The zero-order valence-corrected chi connectivity index (χ0v) is 12.3. The minimum Gasteiger partial charge on any atom is -0.338 e. The van der Waals surface area contributed by atoms with E-state index < -0.39 is 5.92 Å². The van der Waals surface area contributed by atoms with E-state index in [4.69, 9.17) is 0 Å². The summed E-state index contributed by atoms with van der Waals surface area (Å²) in [6.07, 6.45) is 1.84. The smallest absolute Gasteiger partial charge is 0.231 e. The zero-order chi connectivity index (χ0) is 15.5. The molecule has 5 nitrogen and oxygen atoms in total. The first-order valence-electron chi connectivity index (χ1n) is 7.19. The van der Waals surface area contributed by atoms with Crippen molar-refractivity contribution < 1.29 is 9.59 Å². The van der Waals surface area contributed by atoms with Crippen LogP contribution in [0.25, 0.3) is 0 Å². The van der Waals surface area contributed by atoms with E-state index in [9.17, 15) is 9.59 Å². The number of rotatable bonds is 3. The van der Waals surface area contributed by atoms with Crippen molar-refractivity contribution in [3.05, 3.63) is 60.3 Å². The number of anilines is 1. The average molecular weight is 295 g/mol. The number of benzene rings is 1. The van der Waals surface area contributed by atoms with Gasteiger partial charge in [-0.15, -0.1) is 0 Å². The Bertz CT molecular complexity index is 673. The maximum absolute atomic E-state index is 12.6. The number of hydrogen-bond acceptors (Lipinski definition) is 3.